The van der Waals surface area contributed by atoms with Gasteiger partial charge in [0.15, 0.2) is 5.76 Å². The number of hydrogen-bond acceptors (Lipinski definition) is 6. The Hall–Kier alpha value is -3.03. The summed E-state index contributed by atoms with van der Waals surface area (Å²) in [5, 5.41) is 4.95. The van der Waals surface area contributed by atoms with Gasteiger partial charge < -0.3 is 18.9 Å². The summed E-state index contributed by atoms with van der Waals surface area (Å²) < 4.78 is 17.1. The Kier molecular flexibility index (Phi) is 6.13. The number of likely N-dealkylation sites (tertiary alicyclic amines) is 1. The molecule has 2 saturated carbocycles. The molecule has 6 rings (SSSR count). The van der Waals surface area contributed by atoms with Crippen LogP contribution in [0.2, 0.25) is 10.0 Å². The van der Waals surface area contributed by atoms with E-state index in [9.17, 15) is 9.59 Å². The van der Waals surface area contributed by atoms with Crippen LogP contribution < -0.4 is 0 Å². The van der Waals surface area contributed by atoms with Crippen molar-refractivity contribution in [2.75, 3.05) is 6.54 Å². The highest BCUT2D eigenvalue weighted by atomic mass is 35.5. The highest BCUT2D eigenvalue weighted by molar-refractivity contribution is 6.39. The number of esters is 1. The maximum atomic E-state index is 13.5. The first-order valence-corrected chi connectivity index (χ1v) is 12.9. The minimum atomic E-state index is -0.486. The molecule has 9 heteroatoms. The van der Waals surface area contributed by atoms with Gasteiger partial charge in [-0.2, -0.15) is 0 Å². The molecular formula is C27H24Cl2N2O5. The predicted molar refractivity (Wildman–Crippen MR) is 133 cm³/mol. The molecule has 2 bridgehead atoms. The number of amides is 1. The van der Waals surface area contributed by atoms with Crippen LogP contribution in [0.4, 0.5) is 4.79 Å². The van der Waals surface area contributed by atoms with Gasteiger partial charge in [-0.3, -0.25) is 0 Å². The predicted octanol–water partition coefficient (Wildman–Crippen LogP) is 6.48. The van der Waals surface area contributed by atoms with Gasteiger partial charge in [0.25, 0.3) is 0 Å². The average molecular weight is 527 g/mol. The maximum absolute atomic E-state index is 13.5. The second-order valence-electron chi connectivity index (χ2n) is 9.66. The lowest BCUT2D eigenvalue weighted by Crippen LogP contribution is -2.43. The van der Waals surface area contributed by atoms with Gasteiger partial charge in [-0.15, -0.1) is 0 Å². The molecule has 2 heterocycles. The summed E-state index contributed by atoms with van der Waals surface area (Å²) in [5.41, 5.74) is 2.02. The van der Waals surface area contributed by atoms with Crippen molar-refractivity contribution in [3.63, 3.8) is 0 Å². The summed E-state index contributed by atoms with van der Waals surface area (Å²) in [4.78, 5) is 27.9. The second-order valence-corrected chi connectivity index (χ2v) is 10.5. The van der Waals surface area contributed by atoms with Crippen LogP contribution in [-0.2, 0) is 16.1 Å². The van der Waals surface area contributed by atoms with Crippen molar-refractivity contribution in [2.24, 2.45) is 5.92 Å². The molecule has 1 aliphatic heterocycles. The lowest BCUT2D eigenvalue weighted by atomic mass is 10.0. The van der Waals surface area contributed by atoms with Crippen LogP contribution in [0.25, 0.3) is 11.3 Å². The minimum Gasteiger partial charge on any atom is -0.458 e. The molecule has 1 saturated heterocycles. The molecule has 2 aromatic carbocycles. The van der Waals surface area contributed by atoms with E-state index < -0.39 is 5.97 Å². The molecule has 0 N–H and O–H groups in total. The molecule has 2 aliphatic carbocycles. The highest BCUT2D eigenvalue weighted by Crippen LogP contribution is 2.47. The van der Waals surface area contributed by atoms with Gasteiger partial charge in [0.1, 0.15) is 24.0 Å². The van der Waals surface area contributed by atoms with E-state index in [-0.39, 0.29) is 36.7 Å². The lowest BCUT2D eigenvalue weighted by Gasteiger charge is -2.30. The largest absolute Gasteiger partial charge is 0.458 e. The summed E-state index contributed by atoms with van der Waals surface area (Å²) in [6.45, 7) is 0.731. The van der Waals surface area contributed by atoms with Crippen LogP contribution in [0.15, 0.2) is 53.1 Å². The van der Waals surface area contributed by atoms with E-state index in [0.717, 1.165) is 24.8 Å². The topological polar surface area (TPSA) is 81.9 Å². The Labute approximate surface area is 218 Å². The van der Waals surface area contributed by atoms with E-state index in [1.165, 1.54) is 0 Å². The van der Waals surface area contributed by atoms with Gasteiger partial charge >= 0.3 is 12.1 Å². The van der Waals surface area contributed by atoms with E-state index in [2.05, 4.69) is 5.16 Å². The number of hydrogen-bond donors (Lipinski definition) is 0. The minimum absolute atomic E-state index is 0.0149. The SMILES string of the molecule is O=C(O[C@H]1C[C@H]2C[C@@H]1CN2C(=O)OCc1ccccc1)c1c(-c2c(Cl)cccc2Cl)noc1C1CC1. The molecule has 0 radical (unpaired) electrons. The van der Waals surface area contributed by atoms with Crippen molar-refractivity contribution in [1.29, 1.82) is 0 Å². The smallest absolute Gasteiger partial charge is 0.410 e. The summed E-state index contributed by atoms with van der Waals surface area (Å²) >= 11 is 12.8. The number of piperidine rings is 1. The summed E-state index contributed by atoms with van der Waals surface area (Å²) in [6.07, 6.45) is 2.58. The molecule has 1 aromatic heterocycles. The average Bonchev–Trinajstić information content (AvgIpc) is 3.31. The third-order valence-electron chi connectivity index (χ3n) is 7.25. The Bertz CT molecular complexity index is 1290. The van der Waals surface area contributed by atoms with Crippen molar-refractivity contribution in [3.05, 3.63) is 75.5 Å². The summed E-state index contributed by atoms with van der Waals surface area (Å²) in [7, 11) is 0. The molecule has 186 valence electrons. The molecule has 0 spiro atoms. The standard InChI is InChI=1S/C27H24Cl2N2O5/c28-19-7-4-8-20(29)22(19)24-23(25(36-30-24)16-9-10-16)26(32)35-21-12-18-11-17(21)13-31(18)27(33)34-14-15-5-2-1-3-6-15/h1-8,16-18,21H,9-14H2/t17-,18-,21+/m1/s1. The highest BCUT2D eigenvalue weighted by Gasteiger charge is 2.49. The zero-order valence-electron chi connectivity index (χ0n) is 19.4. The molecule has 3 atom stereocenters. The van der Waals surface area contributed by atoms with Gasteiger partial charge in [0.05, 0.1) is 10.0 Å². The molecule has 3 aliphatic rings. The molecule has 36 heavy (non-hydrogen) atoms. The normalized spacial score (nSPS) is 22.6. The third kappa shape index (κ3) is 4.35. The maximum Gasteiger partial charge on any atom is 0.410 e. The van der Waals surface area contributed by atoms with Gasteiger partial charge in [0, 0.05) is 36.4 Å². The van der Waals surface area contributed by atoms with Crippen molar-refractivity contribution in [2.45, 2.75) is 50.4 Å². The zero-order chi connectivity index (χ0) is 24.8. The van der Waals surface area contributed by atoms with Crippen molar-refractivity contribution in [3.8, 4) is 11.3 Å². The van der Waals surface area contributed by atoms with E-state index in [0.29, 0.717) is 45.6 Å². The first kappa shape index (κ1) is 23.4. The second kappa shape index (κ2) is 9.45. The van der Waals surface area contributed by atoms with Crippen LogP contribution in [-0.4, -0.2) is 40.8 Å². The number of rotatable bonds is 6. The van der Waals surface area contributed by atoms with Gasteiger partial charge in [-0.25, -0.2) is 9.59 Å². The van der Waals surface area contributed by atoms with Gasteiger partial charge in [-0.05, 0) is 37.0 Å². The van der Waals surface area contributed by atoms with Crippen molar-refractivity contribution >= 4 is 35.3 Å². The fraction of sp³-hybridized carbons (Fsp3) is 0.370. The number of aromatic nitrogens is 1. The van der Waals surface area contributed by atoms with Crippen LogP contribution in [0.5, 0.6) is 0 Å². The Balaban J connectivity index is 1.15. The molecule has 3 fully saturated rings. The summed E-state index contributed by atoms with van der Waals surface area (Å²) in [6, 6.07) is 14.7. The molecule has 7 nitrogen and oxygen atoms in total. The first-order chi connectivity index (χ1) is 17.5. The quantitative estimate of drug-likeness (QED) is 0.341. The fourth-order valence-corrected chi connectivity index (χ4v) is 5.87. The van der Waals surface area contributed by atoms with E-state index in [1.54, 1.807) is 23.1 Å². The van der Waals surface area contributed by atoms with Crippen LogP contribution in [0.3, 0.4) is 0 Å². The third-order valence-corrected chi connectivity index (χ3v) is 7.88. The number of ether oxygens (including phenoxy) is 2. The molecular weight excluding hydrogens is 503 g/mol. The first-order valence-electron chi connectivity index (χ1n) is 12.1. The molecule has 0 unspecified atom stereocenters. The number of fused-ring (bicyclic) bond motifs is 2. The van der Waals surface area contributed by atoms with Gasteiger partial charge in [-0.1, -0.05) is 64.8 Å². The number of halogens is 2. The van der Waals surface area contributed by atoms with Crippen LogP contribution in [0, 0.1) is 5.92 Å². The molecule has 1 amide bonds. The van der Waals surface area contributed by atoms with Crippen molar-refractivity contribution < 1.29 is 23.6 Å². The number of carbonyl (C=O) groups is 2. The number of nitrogens with zero attached hydrogens (tertiary/aromatic N) is 2. The lowest BCUT2D eigenvalue weighted by molar-refractivity contribution is 0.00584. The molecule has 3 aromatic rings. The Morgan fingerprint density at radius 3 is 2.44 bits per heavy atom. The fourth-order valence-electron chi connectivity index (χ4n) is 5.29. The Morgan fingerprint density at radius 1 is 1.03 bits per heavy atom. The van der Waals surface area contributed by atoms with E-state index in [1.807, 2.05) is 30.3 Å². The van der Waals surface area contributed by atoms with Crippen LogP contribution >= 0.6 is 23.2 Å². The Morgan fingerprint density at radius 2 is 1.78 bits per heavy atom. The van der Waals surface area contributed by atoms with Crippen molar-refractivity contribution in [1.82, 2.24) is 10.1 Å². The zero-order valence-corrected chi connectivity index (χ0v) is 20.9. The monoisotopic (exact) mass is 526 g/mol. The summed E-state index contributed by atoms with van der Waals surface area (Å²) in [5.74, 6) is 0.241. The van der Waals surface area contributed by atoms with Gasteiger partial charge in [0.2, 0.25) is 0 Å². The number of carbonyl (C=O) groups excluding carboxylic acids is 2. The number of benzene rings is 2. The van der Waals surface area contributed by atoms with E-state index in [4.69, 9.17) is 37.2 Å². The van der Waals surface area contributed by atoms with E-state index >= 15 is 0 Å². The van der Waals surface area contributed by atoms with Crippen LogP contribution in [0.1, 0.15) is 53.3 Å².